The van der Waals surface area contributed by atoms with Gasteiger partial charge in [-0.15, -0.1) is 0 Å². The summed E-state index contributed by atoms with van der Waals surface area (Å²) in [6.45, 7) is 3.24. The zero-order chi connectivity index (χ0) is 10.8. The van der Waals surface area contributed by atoms with Gasteiger partial charge < -0.3 is 5.73 Å². The summed E-state index contributed by atoms with van der Waals surface area (Å²) < 4.78 is 0. The third-order valence-corrected chi connectivity index (χ3v) is 3.37. The Bertz CT molecular complexity index is 318. The van der Waals surface area contributed by atoms with Crippen molar-refractivity contribution in [2.45, 2.75) is 31.8 Å². The van der Waals surface area contributed by atoms with Crippen LogP contribution >= 0.6 is 0 Å². The van der Waals surface area contributed by atoms with Crippen LogP contribution in [-0.2, 0) is 0 Å². The minimum atomic E-state index is 0.368. The van der Waals surface area contributed by atoms with Crippen molar-refractivity contribution in [3.05, 3.63) is 35.4 Å². The van der Waals surface area contributed by atoms with E-state index >= 15 is 0 Å². The fourth-order valence-electron chi connectivity index (χ4n) is 2.29. The Morgan fingerprint density at radius 1 is 1.27 bits per heavy atom. The number of hydrogen-bond donors (Lipinski definition) is 1. The molecule has 2 N–H and O–H groups in total. The highest BCUT2D eigenvalue weighted by molar-refractivity contribution is 5.24. The highest BCUT2D eigenvalue weighted by atomic mass is 15.1. The van der Waals surface area contributed by atoms with Crippen LogP contribution in [0.4, 0.5) is 0 Å². The second-order valence-electron chi connectivity index (χ2n) is 4.69. The lowest BCUT2D eigenvalue weighted by Gasteiger charge is -2.36. The molecule has 0 radical (unpaired) electrons. The van der Waals surface area contributed by atoms with Gasteiger partial charge in [0.1, 0.15) is 0 Å². The van der Waals surface area contributed by atoms with Crippen LogP contribution in [0.3, 0.4) is 0 Å². The van der Waals surface area contributed by atoms with E-state index in [1.54, 1.807) is 0 Å². The largest absolute Gasteiger partial charge is 0.328 e. The van der Waals surface area contributed by atoms with Crippen LogP contribution in [0, 0.1) is 6.92 Å². The van der Waals surface area contributed by atoms with E-state index in [1.165, 1.54) is 11.1 Å². The lowest BCUT2D eigenvalue weighted by atomic mass is 9.92. The SMILES string of the molecule is Cc1ccc(C2CC(N)CCN2C)cc1. The van der Waals surface area contributed by atoms with E-state index in [1.807, 2.05) is 0 Å². The van der Waals surface area contributed by atoms with Gasteiger partial charge in [-0.05, 0) is 38.9 Å². The van der Waals surface area contributed by atoms with E-state index in [2.05, 4.69) is 43.1 Å². The molecular weight excluding hydrogens is 184 g/mol. The van der Waals surface area contributed by atoms with Crippen molar-refractivity contribution in [1.82, 2.24) is 4.90 Å². The second kappa shape index (κ2) is 4.33. The van der Waals surface area contributed by atoms with Crippen LogP contribution in [0.1, 0.15) is 30.0 Å². The van der Waals surface area contributed by atoms with Gasteiger partial charge in [0.15, 0.2) is 0 Å². The molecule has 0 spiro atoms. The number of nitrogens with two attached hydrogens (primary N) is 1. The fourth-order valence-corrected chi connectivity index (χ4v) is 2.29. The predicted octanol–water partition coefficient (Wildman–Crippen LogP) is 2.09. The van der Waals surface area contributed by atoms with Gasteiger partial charge in [0.05, 0.1) is 0 Å². The molecule has 1 aromatic rings. The van der Waals surface area contributed by atoms with Gasteiger partial charge in [0.2, 0.25) is 0 Å². The van der Waals surface area contributed by atoms with Crippen molar-refractivity contribution >= 4 is 0 Å². The molecule has 1 heterocycles. The summed E-state index contributed by atoms with van der Waals surface area (Å²) in [4.78, 5) is 2.41. The average Bonchev–Trinajstić information content (AvgIpc) is 2.23. The molecule has 2 rings (SSSR count). The molecule has 2 unspecified atom stereocenters. The molecule has 0 amide bonds. The number of likely N-dealkylation sites (tertiary alicyclic amines) is 1. The topological polar surface area (TPSA) is 29.3 Å². The van der Waals surface area contributed by atoms with Crippen molar-refractivity contribution in [2.75, 3.05) is 13.6 Å². The lowest BCUT2D eigenvalue weighted by molar-refractivity contribution is 0.171. The highest BCUT2D eigenvalue weighted by Gasteiger charge is 2.24. The molecule has 2 nitrogen and oxygen atoms in total. The number of benzene rings is 1. The van der Waals surface area contributed by atoms with Crippen molar-refractivity contribution in [3.63, 3.8) is 0 Å². The minimum Gasteiger partial charge on any atom is -0.328 e. The van der Waals surface area contributed by atoms with E-state index in [-0.39, 0.29) is 0 Å². The Morgan fingerprint density at radius 2 is 1.93 bits per heavy atom. The molecule has 0 bridgehead atoms. The Hall–Kier alpha value is -0.860. The van der Waals surface area contributed by atoms with E-state index in [4.69, 9.17) is 5.73 Å². The van der Waals surface area contributed by atoms with Gasteiger partial charge in [-0.1, -0.05) is 29.8 Å². The zero-order valence-corrected chi connectivity index (χ0v) is 9.61. The summed E-state index contributed by atoms with van der Waals surface area (Å²) >= 11 is 0. The van der Waals surface area contributed by atoms with Crippen molar-refractivity contribution in [2.24, 2.45) is 5.73 Å². The summed E-state index contributed by atoms with van der Waals surface area (Å²) in [5.41, 5.74) is 8.75. The maximum absolute atomic E-state index is 6.03. The number of hydrogen-bond acceptors (Lipinski definition) is 2. The first-order valence-electron chi connectivity index (χ1n) is 5.69. The van der Waals surface area contributed by atoms with Gasteiger partial charge in [0, 0.05) is 12.1 Å². The van der Waals surface area contributed by atoms with E-state index in [9.17, 15) is 0 Å². The summed E-state index contributed by atoms with van der Waals surface area (Å²) in [6, 6.07) is 9.71. The molecule has 2 heteroatoms. The van der Waals surface area contributed by atoms with Crippen LogP contribution in [0.15, 0.2) is 24.3 Å². The van der Waals surface area contributed by atoms with Crippen LogP contribution in [0.25, 0.3) is 0 Å². The second-order valence-corrected chi connectivity index (χ2v) is 4.69. The maximum atomic E-state index is 6.03. The maximum Gasteiger partial charge on any atom is 0.0359 e. The molecule has 0 saturated carbocycles. The van der Waals surface area contributed by atoms with E-state index in [0.717, 1.165) is 19.4 Å². The predicted molar refractivity (Wildman–Crippen MR) is 63.8 cm³/mol. The van der Waals surface area contributed by atoms with Crippen molar-refractivity contribution in [3.8, 4) is 0 Å². The Morgan fingerprint density at radius 3 is 2.60 bits per heavy atom. The number of nitrogens with zero attached hydrogens (tertiary/aromatic N) is 1. The zero-order valence-electron chi connectivity index (χ0n) is 9.61. The highest BCUT2D eigenvalue weighted by Crippen LogP contribution is 2.28. The van der Waals surface area contributed by atoms with E-state index < -0.39 is 0 Å². The molecule has 1 aliphatic heterocycles. The number of aryl methyl sites for hydroxylation is 1. The summed E-state index contributed by atoms with van der Waals surface area (Å²) in [6.07, 6.45) is 2.21. The monoisotopic (exact) mass is 204 g/mol. The van der Waals surface area contributed by atoms with Crippen LogP contribution in [-0.4, -0.2) is 24.5 Å². The quantitative estimate of drug-likeness (QED) is 0.759. The average molecular weight is 204 g/mol. The molecule has 1 aliphatic rings. The summed E-state index contributed by atoms with van der Waals surface area (Å²) in [5.74, 6) is 0. The van der Waals surface area contributed by atoms with Gasteiger partial charge >= 0.3 is 0 Å². The fraction of sp³-hybridized carbons (Fsp3) is 0.538. The standard InChI is InChI=1S/C13H20N2/c1-10-3-5-11(6-4-10)13-9-12(14)7-8-15(13)2/h3-6,12-13H,7-9,14H2,1-2H3. The van der Waals surface area contributed by atoms with Crippen LogP contribution < -0.4 is 5.73 Å². The number of rotatable bonds is 1. The van der Waals surface area contributed by atoms with E-state index in [0.29, 0.717) is 12.1 Å². The smallest absolute Gasteiger partial charge is 0.0359 e. The Balaban J connectivity index is 2.17. The molecule has 2 atom stereocenters. The first-order valence-corrected chi connectivity index (χ1v) is 5.69. The Kier molecular flexibility index (Phi) is 3.08. The normalized spacial score (nSPS) is 27.9. The molecular formula is C13H20N2. The van der Waals surface area contributed by atoms with Gasteiger partial charge in [-0.2, -0.15) is 0 Å². The third-order valence-electron chi connectivity index (χ3n) is 3.37. The lowest BCUT2D eigenvalue weighted by Crippen LogP contribution is -2.39. The van der Waals surface area contributed by atoms with Gasteiger partial charge in [-0.25, -0.2) is 0 Å². The molecule has 1 saturated heterocycles. The van der Waals surface area contributed by atoms with Gasteiger partial charge in [0.25, 0.3) is 0 Å². The van der Waals surface area contributed by atoms with Crippen molar-refractivity contribution < 1.29 is 0 Å². The van der Waals surface area contributed by atoms with Crippen LogP contribution in [0.2, 0.25) is 0 Å². The molecule has 82 valence electrons. The summed E-state index contributed by atoms with van der Waals surface area (Å²) in [5, 5.41) is 0. The first kappa shape index (κ1) is 10.7. The third kappa shape index (κ3) is 2.39. The molecule has 0 aliphatic carbocycles. The Labute approximate surface area is 92.1 Å². The van der Waals surface area contributed by atoms with Crippen molar-refractivity contribution in [1.29, 1.82) is 0 Å². The molecule has 15 heavy (non-hydrogen) atoms. The summed E-state index contributed by atoms with van der Waals surface area (Å²) in [7, 11) is 2.19. The molecule has 0 aromatic heterocycles. The molecule has 1 aromatic carbocycles. The molecule has 1 fully saturated rings. The van der Waals surface area contributed by atoms with Crippen LogP contribution in [0.5, 0.6) is 0 Å². The van der Waals surface area contributed by atoms with Gasteiger partial charge in [-0.3, -0.25) is 4.90 Å². The first-order chi connectivity index (χ1) is 7.16. The minimum absolute atomic E-state index is 0.368. The number of piperidine rings is 1.